The number of halogens is 6. The standard InChI is InChI=1S/C21H31F6P.4C9H19.Al/c1-3-5-7-12-16-19(22,23)20(24,25)21(26,27)28(17-13-8-6-4-2)18-14-10-9-11-15-18;4*1-4-7-8-9(5-2)6-3;/h9-11,14-15H,3-8,12-13,16-17H2,1-2H3;4*9H,2,4-8H2,1,3H3;/q;;;;;-1/p+1. The van der Waals surface area contributed by atoms with Gasteiger partial charge in [-0.1, -0.05) is 248 Å². The lowest BCUT2D eigenvalue weighted by molar-refractivity contribution is -0.280. The Kier molecular flexibility index (Phi) is 38.4. The van der Waals surface area contributed by atoms with E-state index in [1.54, 1.807) is 52.9 Å². The Labute approximate surface area is 405 Å². The van der Waals surface area contributed by atoms with Crippen LogP contribution in [0.25, 0.3) is 0 Å². The summed E-state index contributed by atoms with van der Waals surface area (Å²) in [5, 5.41) is 6.83. The summed E-state index contributed by atoms with van der Waals surface area (Å²) in [6.45, 7) is 23.3. The third-order valence-corrected chi connectivity index (χ3v) is 25.1. The molecule has 8 heteroatoms. The topological polar surface area (TPSA) is 0 Å². The fraction of sp³-hybridized carbons (Fsp3) is 0.895. The molecule has 0 saturated carbocycles. The smallest absolute Gasteiger partial charge is 0.199 e. The van der Waals surface area contributed by atoms with Crippen molar-refractivity contribution in [2.75, 3.05) is 6.16 Å². The highest BCUT2D eigenvalue weighted by Gasteiger charge is 2.77. The maximum atomic E-state index is 14.9. The SMILES string of the molecule is CCCCC(CC)C[CH2][Al-]([CH2]CC(CC)CCCC)([CH2]CC(CC)CCCC)[CH2]CC(CC)CCCC.CCCCCC[PH+](c1ccccc1)C(F)(F)C(F)(F)C(F)(F)CCCCCC. The Hall–Kier alpha value is -0.238. The molecule has 0 amide bonds. The molecule has 0 radical (unpaired) electrons. The molecule has 5 atom stereocenters. The van der Waals surface area contributed by atoms with E-state index in [2.05, 4.69) is 55.4 Å². The van der Waals surface area contributed by atoms with Crippen molar-refractivity contribution >= 4 is 26.3 Å². The Morgan fingerprint density at radius 3 is 1.08 bits per heavy atom. The summed E-state index contributed by atoms with van der Waals surface area (Å²) < 4.78 is 87.4. The van der Waals surface area contributed by atoms with E-state index in [0.29, 0.717) is 25.7 Å². The third kappa shape index (κ3) is 26.0. The lowest BCUT2D eigenvalue weighted by Gasteiger charge is -2.41. The molecule has 0 aliphatic carbocycles. The van der Waals surface area contributed by atoms with E-state index in [-0.39, 0.29) is 17.9 Å². The molecule has 386 valence electrons. The van der Waals surface area contributed by atoms with Crippen LogP contribution in [-0.2, 0) is 0 Å². The number of alkyl halides is 6. The van der Waals surface area contributed by atoms with Crippen LogP contribution in [-0.4, -0.2) is 36.7 Å². The normalized spacial score (nSPS) is 15.8. The van der Waals surface area contributed by atoms with Crippen molar-refractivity contribution in [3.05, 3.63) is 30.3 Å². The van der Waals surface area contributed by atoms with Crippen LogP contribution in [0.3, 0.4) is 0 Å². The van der Waals surface area contributed by atoms with Gasteiger partial charge < -0.3 is 0 Å². The Bertz CT molecular complexity index is 1110. The van der Waals surface area contributed by atoms with Gasteiger partial charge in [0, 0.05) is 6.42 Å². The minimum Gasteiger partial charge on any atom is -0.199 e. The van der Waals surface area contributed by atoms with Gasteiger partial charge in [0.2, 0.25) is 0 Å². The van der Waals surface area contributed by atoms with E-state index in [1.807, 2.05) is 13.8 Å². The second-order valence-electron chi connectivity index (χ2n) is 21.0. The quantitative estimate of drug-likeness (QED) is 0.0265. The predicted molar refractivity (Wildman–Crippen MR) is 284 cm³/mol. The molecule has 0 fully saturated rings. The Balaban J connectivity index is 0.00000131. The van der Waals surface area contributed by atoms with Gasteiger partial charge in [0.25, 0.3) is 0 Å². The second kappa shape index (κ2) is 38.5. The maximum Gasteiger partial charge on any atom is 0.424 e. The zero-order valence-electron chi connectivity index (χ0n) is 44.6. The number of rotatable bonds is 42. The van der Waals surface area contributed by atoms with E-state index in [0.717, 1.165) is 42.9 Å². The average Bonchev–Trinajstić information content (AvgIpc) is 3.30. The molecule has 0 aliphatic rings. The average molecular weight is 965 g/mol. The maximum absolute atomic E-state index is 14.9. The number of unbranched alkanes of at least 4 members (excludes halogenated alkanes) is 10. The van der Waals surface area contributed by atoms with Gasteiger partial charge in [0.05, 0.1) is 11.5 Å². The summed E-state index contributed by atoms with van der Waals surface area (Å²) in [4.78, 5) is 0. The molecule has 0 saturated heterocycles. The van der Waals surface area contributed by atoms with Crippen molar-refractivity contribution in [2.45, 2.75) is 294 Å². The molecule has 1 rings (SSSR count). The summed E-state index contributed by atoms with van der Waals surface area (Å²) in [5.41, 5.74) is -4.74. The van der Waals surface area contributed by atoms with Crippen molar-refractivity contribution in [3.63, 3.8) is 0 Å². The van der Waals surface area contributed by atoms with E-state index >= 15 is 0 Å². The summed E-state index contributed by atoms with van der Waals surface area (Å²) in [6, 6.07) is 7.29. The van der Waals surface area contributed by atoms with E-state index in [9.17, 15) is 26.3 Å². The van der Waals surface area contributed by atoms with Crippen LogP contribution >= 0.6 is 7.92 Å². The fourth-order valence-corrected chi connectivity index (χ4v) is 19.8. The first-order valence-electron chi connectivity index (χ1n) is 28.4. The molecule has 0 aromatic heterocycles. The first-order chi connectivity index (χ1) is 31.1. The zero-order chi connectivity index (χ0) is 49.0. The molecule has 0 heterocycles. The number of hydrogen-bond acceptors (Lipinski definition) is 0. The molecule has 65 heavy (non-hydrogen) atoms. The van der Waals surface area contributed by atoms with E-state index in [4.69, 9.17) is 0 Å². The lowest BCUT2D eigenvalue weighted by atomic mass is 9.96. The summed E-state index contributed by atoms with van der Waals surface area (Å²) in [7, 11) is -3.22. The first-order valence-corrected chi connectivity index (χ1v) is 33.3. The molecular formula is C57H108AlF6P. The highest BCUT2D eigenvalue weighted by molar-refractivity contribution is 7.66. The van der Waals surface area contributed by atoms with Gasteiger partial charge in [-0.05, 0) is 55.1 Å². The van der Waals surface area contributed by atoms with Crippen LogP contribution < -0.4 is 5.30 Å². The highest BCUT2D eigenvalue weighted by atomic mass is 31.1. The number of benzene rings is 1. The van der Waals surface area contributed by atoms with E-state index < -0.39 is 44.9 Å². The van der Waals surface area contributed by atoms with Crippen molar-refractivity contribution in [3.8, 4) is 0 Å². The molecule has 5 unspecified atom stereocenters. The van der Waals surface area contributed by atoms with Gasteiger partial charge in [0.15, 0.2) is 0 Å². The molecule has 0 aliphatic heterocycles. The van der Waals surface area contributed by atoms with Crippen LogP contribution in [0.1, 0.15) is 255 Å². The van der Waals surface area contributed by atoms with Gasteiger partial charge >= 0.3 is 17.5 Å². The van der Waals surface area contributed by atoms with Crippen molar-refractivity contribution in [1.29, 1.82) is 0 Å². The summed E-state index contributed by atoms with van der Waals surface area (Å²) >= 11 is -1.64. The number of hydrogen-bond donors (Lipinski definition) is 0. The third-order valence-electron chi connectivity index (χ3n) is 15.9. The molecule has 1 aromatic carbocycles. The van der Waals surface area contributed by atoms with Gasteiger partial charge in [-0.3, -0.25) is 0 Å². The van der Waals surface area contributed by atoms with Crippen LogP contribution in [0.4, 0.5) is 26.3 Å². The van der Waals surface area contributed by atoms with Crippen molar-refractivity contribution in [1.82, 2.24) is 0 Å². The molecule has 1 aromatic rings. The minimum atomic E-state index is -5.36. The molecular weight excluding hydrogens is 857 g/mol. The van der Waals surface area contributed by atoms with Crippen LogP contribution in [0, 0.1) is 23.7 Å². The summed E-state index contributed by atoms with van der Waals surface area (Å²) in [5.74, 6) is -6.06. The zero-order valence-corrected chi connectivity index (χ0v) is 46.7. The van der Waals surface area contributed by atoms with Crippen LogP contribution in [0.5, 0.6) is 0 Å². The van der Waals surface area contributed by atoms with Gasteiger partial charge in [-0.25, -0.2) is 0 Å². The fourth-order valence-electron chi connectivity index (χ4n) is 10.6. The molecule has 0 spiro atoms. The van der Waals surface area contributed by atoms with Crippen molar-refractivity contribution < 1.29 is 26.3 Å². The van der Waals surface area contributed by atoms with Crippen LogP contribution in [0.15, 0.2) is 30.3 Å². The van der Waals surface area contributed by atoms with Gasteiger partial charge in [-0.2, -0.15) is 47.5 Å². The monoisotopic (exact) mass is 965 g/mol. The van der Waals surface area contributed by atoms with Gasteiger partial charge in [0.1, 0.15) is 21.0 Å². The first kappa shape index (κ1) is 64.8. The predicted octanol–water partition coefficient (Wildman–Crippen LogP) is 21.8. The Morgan fingerprint density at radius 1 is 0.415 bits per heavy atom. The second-order valence-corrected chi connectivity index (χ2v) is 29.5. The molecule has 0 bridgehead atoms. The minimum absolute atomic E-state index is 0.0791. The highest BCUT2D eigenvalue weighted by Crippen LogP contribution is 2.63. The lowest BCUT2D eigenvalue weighted by Crippen LogP contribution is -2.54. The summed E-state index contributed by atoms with van der Waals surface area (Å²) in [6.07, 6.45) is 32.1. The van der Waals surface area contributed by atoms with E-state index in [1.165, 1.54) is 127 Å². The van der Waals surface area contributed by atoms with Crippen LogP contribution in [0.2, 0.25) is 21.1 Å². The molecule has 0 nitrogen and oxygen atoms in total. The largest absolute Gasteiger partial charge is 0.424 e. The van der Waals surface area contributed by atoms with Crippen molar-refractivity contribution in [2.24, 2.45) is 23.7 Å². The van der Waals surface area contributed by atoms with Gasteiger partial charge in [-0.15, -0.1) is 0 Å². The molecule has 0 N–H and O–H groups in total. The Morgan fingerprint density at radius 2 is 0.754 bits per heavy atom.